The summed E-state index contributed by atoms with van der Waals surface area (Å²) < 4.78 is 11.1. The lowest BCUT2D eigenvalue weighted by molar-refractivity contribution is -0.128. The molecule has 7 nitrogen and oxygen atoms in total. The molecule has 8 heteroatoms. The number of rotatable bonds is 6. The fourth-order valence-corrected chi connectivity index (χ4v) is 6.03. The molecule has 0 atom stereocenters. The van der Waals surface area contributed by atoms with Crippen LogP contribution < -0.4 is 20.5 Å². The van der Waals surface area contributed by atoms with E-state index in [4.69, 9.17) is 21.1 Å². The Kier molecular flexibility index (Phi) is 4.93. The summed E-state index contributed by atoms with van der Waals surface area (Å²) in [6.07, 6.45) is 7.18. The molecule has 0 saturated heterocycles. The molecule has 6 rings (SSSR count). The van der Waals surface area contributed by atoms with Gasteiger partial charge in [0.1, 0.15) is 5.75 Å². The predicted molar refractivity (Wildman–Crippen MR) is 111 cm³/mol. The van der Waals surface area contributed by atoms with Crippen molar-refractivity contribution in [3.05, 3.63) is 45.8 Å². The van der Waals surface area contributed by atoms with Gasteiger partial charge in [0.15, 0.2) is 6.61 Å². The van der Waals surface area contributed by atoms with Crippen LogP contribution >= 0.6 is 11.6 Å². The van der Waals surface area contributed by atoms with E-state index in [9.17, 15) is 9.59 Å². The summed E-state index contributed by atoms with van der Waals surface area (Å²) in [5, 5.41) is 3.83. The molecule has 0 aliphatic heterocycles. The molecule has 1 heterocycles. The molecule has 0 unspecified atom stereocenters. The molecule has 2 N–H and O–H groups in total. The standard InChI is InChI=1S/C22H24ClN3O4/c23-16-1-3-17(4-2-16)30-20-8-19(24-21(28)25-20)29-12-18(27)26-22-9-13-5-14(10-22)7-15(6-13)11-22/h1-4,8,13-15H,5-7,9-12H2,(H,26,27)(H,24,25,28). The van der Waals surface area contributed by atoms with Crippen LogP contribution in [-0.2, 0) is 4.79 Å². The molecule has 4 saturated carbocycles. The van der Waals surface area contributed by atoms with Gasteiger partial charge < -0.3 is 14.8 Å². The molecule has 1 aromatic carbocycles. The average Bonchev–Trinajstić information content (AvgIpc) is 2.66. The SMILES string of the molecule is O=C(COc1cc(Oc2ccc(Cl)cc2)[nH]c(=O)n1)NC12CC3CC(CC(C3)C1)C2. The largest absolute Gasteiger partial charge is 0.467 e. The maximum absolute atomic E-state index is 12.6. The van der Waals surface area contributed by atoms with Crippen LogP contribution in [0.15, 0.2) is 35.1 Å². The van der Waals surface area contributed by atoms with E-state index in [1.165, 1.54) is 25.3 Å². The van der Waals surface area contributed by atoms with Crippen molar-refractivity contribution in [3.63, 3.8) is 0 Å². The van der Waals surface area contributed by atoms with Gasteiger partial charge in [-0.25, -0.2) is 4.79 Å². The van der Waals surface area contributed by atoms with Crippen molar-refractivity contribution in [2.75, 3.05) is 6.61 Å². The third kappa shape index (κ3) is 4.17. The van der Waals surface area contributed by atoms with Crippen LogP contribution in [0.4, 0.5) is 0 Å². The Morgan fingerprint density at radius 2 is 1.77 bits per heavy atom. The van der Waals surface area contributed by atoms with Crippen LogP contribution in [0.25, 0.3) is 0 Å². The van der Waals surface area contributed by atoms with Crippen molar-refractivity contribution >= 4 is 17.5 Å². The fraction of sp³-hybridized carbons (Fsp3) is 0.500. The van der Waals surface area contributed by atoms with E-state index >= 15 is 0 Å². The predicted octanol–water partition coefficient (Wildman–Crippen LogP) is 3.68. The first-order valence-electron chi connectivity index (χ1n) is 10.4. The van der Waals surface area contributed by atoms with Gasteiger partial charge in [0.05, 0.1) is 6.07 Å². The molecule has 4 aliphatic rings. The average molecular weight is 430 g/mol. The molecule has 30 heavy (non-hydrogen) atoms. The summed E-state index contributed by atoms with van der Waals surface area (Å²) in [6, 6.07) is 8.18. The Labute approximate surface area is 179 Å². The van der Waals surface area contributed by atoms with Crippen LogP contribution in [-0.4, -0.2) is 28.0 Å². The second-order valence-corrected chi connectivity index (χ2v) is 9.42. The van der Waals surface area contributed by atoms with Gasteiger partial charge in [-0.3, -0.25) is 9.78 Å². The number of halogens is 1. The zero-order valence-corrected chi connectivity index (χ0v) is 17.3. The highest BCUT2D eigenvalue weighted by Crippen LogP contribution is 2.55. The van der Waals surface area contributed by atoms with Crippen molar-refractivity contribution in [2.45, 2.75) is 44.1 Å². The minimum absolute atomic E-state index is 0.0448. The van der Waals surface area contributed by atoms with E-state index in [2.05, 4.69) is 15.3 Å². The molecular weight excluding hydrogens is 406 g/mol. The molecule has 158 valence electrons. The number of hydrogen-bond acceptors (Lipinski definition) is 5. The summed E-state index contributed by atoms with van der Waals surface area (Å²) in [7, 11) is 0. The number of benzene rings is 1. The van der Waals surface area contributed by atoms with Crippen molar-refractivity contribution in [2.24, 2.45) is 17.8 Å². The minimum atomic E-state index is -0.613. The van der Waals surface area contributed by atoms with E-state index in [1.807, 2.05) is 0 Å². The van der Waals surface area contributed by atoms with Gasteiger partial charge in [-0.2, -0.15) is 4.98 Å². The van der Waals surface area contributed by atoms with Crippen LogP contribution in [0, 0.1) is 17.8 Å². The van der Waals surface area contributed by atoms with Gasteiger partial charge in [-0.15, -0.1) is 0 Å². The normalized spacial score (nSPS) is 28.9. The van der Waals surface area contributed by atoms with Gasteiger partial charge in [-0.05, 0) is 80.5 Å². The first kappa shape index (κ1) is 19.4. The lowest BCUT2D eigenvalue weighted by Gasteiger charge is -2.56. The van der Waals surface area contributed by atoms with Gasteiger partial charge in [0.25, 0.3) is 5.91 Å². The monoisotopic (exact) mass is 429 g/mol. The Balaban J connectivity index is 1.21. The topological polar surface area (TPSA) is 93.3 Å². The van der Waals surface area contributed by atoms with E-state index in [0.29, 0.717) is 10.8 Å². The Morgan fingerprint density at radius 3 is 2.40 bits per heavy atom. The number of nitrogens with zero attached hydrogens (tertiary/aromatic N) is 1. The molecule has 4 fully saturated rings. The van der Waals surface area contributed by atoms with Crippen molar-refractivity contribution in [1.29, 1.82) is 0 Å². The Morgan fingerprint density at radius 1 is 1.13 bits per heavy atom. The molecule has 4 aliphatic carbocycles. The van der Waals surface area contributed by atoms with E-state index < -0.39 is 5.69 Å². The second kappa shape index (κ2) is 7.61. The van der Waals surface area contributed by atoms with Gasteiger partial charge >= 0.3 is 5.69 Å². The smallest absolute Gasteiger partial charge is 0.351 e. The first-order valence-corrected chi connectivity index (χ1v) is 10.8. The number of aromatic nitrogens is 2. The lowest BCUT2D eigenvalue weighted by atomic mass is 9.53. The van der Waals surface area contributed by atoms with E-state index in [1.54, 1.807) is 24.3 Å². The first-order chi connectivity index (χ1) is 14.4. The number of nitrogens with one attached hydrogen (secondary N) is 2. The van der Waals surface area contributed by atoms with Crippen molar-refractivity contribution in [1.82, 2.24) is 15.3 Å². The quantitative estimate of drug-likeness (QED) is 0.730. The number of amides is 1. The summed E-state index contributed by atoms with van der Waals surface area (Å²) in [5.41, 5.74) is -0.683. The number of carbonyl (C=O) groups excluding carboxylic acids is 1. The number of hydrogen-bond donors (Lipinski definition) is 2. The summed E-state index contributed by atoms with van der Waals surface area (Å²) >= 11 is 5.87. The van der Waals surface area contributed by atoms with Gasteiger partial charge in [0, 0.05) is 10.6 Å². The van der Waals surface area contributed by atoms with Crippen LogP contribution in [0.1, 0.15) is 38.5 Å². The van der Waals surface area contributed by atoms with Crippen LogP contribution in [0.2, 0.25) is 5.02 Å². The van der Waals surface area contributed by atoms with Crippen LogP contribution in [0.3, 0.4) is 0 Å². The molecule has 2 aromatic rings. The summed E-state index contributed by atoms with van der Waals surface area (Å²) in [5.74, 6) is 2.81. The highest BCUT2D eigenvalue weighted by atomic mass is 35.5. The number of ether oxygens (including phenoxy) is 2. The fourth-order valence-electron chi connectivity index (χ4n) is 5.91. The van der Waals surface area contributed by atoms with Crippen LogP contribution in [0.5, 0.6) is 17.5 Å². The zero-order valence-electron chi connectivity index (χ0n) is 16.5. The molecular formula is C22H24ClN3O4. The molecule has 0 spiro atoms. The molecule has 1 amide bonds. The van der Waals surface area contributed by atoms with Crippen molar-refractivity contribution < 1.29 is 14.3 Å². The van der Waals surface area contributed by atoms with E-state index in [-0.39, 0.29) is 29.8 Å². The maximum atomic E-state index is 12.6. The minimum Gasteiger partial charge on any atom is -0.467 e. The molecule has 4 bridgehead atoms. The highest BCUT2D eigenvalue weighted by Gasteiger charge is 2.51. The second-order valence-electron chi connectivity index (χ2n) is 8.98. The number of carbonyl (C=O) groups is 1. The Hall–Kier alpha value is -2.54. The zero-order chi connectivity index (χ0) is 20.7. The lowest BCUT2D eigenvalue weighted by Crippen LogP contribution is -2.60. The highest BCUT2D eigenvalue weighted by molar-refractivity contribution is 6.30. The Bertz CT molecular complexity index is 969. The maximum Gasteiger partial charge on any atom is 0.351 e. The number of H-pyrrole nitrogens is 1. The summed E-state index contributed by atoms with van der Waals surface area (Å²) in [6.45, 7) is -0.182. The summed E-state index contributed by atoms with van der Waals surface area (Å²) in [4.78, 5) is 30.7. The van der Waals surface area contributed by atoms with Crippen molar-refractivity contribution in [3.8, 4) is 17.5 Å². The van der Waals surface area contributed by atoms with Gasteiger partial charge in [-0.1, -0.05) is 11.6 Å². The molecule has 0 radical (unpaired) electrons. The molecule has 1 aromatic heterocycles. The third-order valence-electron chi connectivity index (χ3n) is 6.53. The number of aromatic amines is 1. The van der Waals surface area contributed by atoms with Gasteiger partial charge in [0.2, 0.25) is 11.8 Å². The third-order valence-corrected chi connectivity index (χ3v) is 6.78. The van der Waals surface area contributed by atoms with E-state index in [0.717, 1.165) is 37.0 Å².